The quantitative estimate of drug-likeness (QED) is 0.768. The van der Waals surface area contributed by atoms with Gasteiger partial charge in [0, 0.05) is 6.04 Å². The third-order valence-corrected chi connectivity index (χ3v) is 5.06. The van der Waals surface area contributed by atoms with Crippen LogP contribution in [-0.2, 0) is 13.0 Å². The van der Waals surface area contributed by atoms with E-state index in [9.17, 15) is 9.90 Å². The van der Waals surface area contributed by atoms with Crippen molar-refractivity contribution in [1.29, 1.82) is 0 Å². The lowest BCUT2D eigenvalue weighted by Gasteiger charge is -2.29. The fourth-order valence-corrected chi connectivity index (χ4v) is 3.75. The number of aromatic amines is 1. The molecule has 0 bridgehead atoms. The van der Waals surface area contributed by atoms with E-state index >= 15 is 0 Å². The van der Waals surface area contributed by atoms with Crippen LogP contribution in [0.15, 0.2) is 53.3 Å². The molecule has 1 aliphatic rings. The summed E-state index contributed by atoms with van der Waals surface area (Å²) in [5, 5.41) is 11.3. The van der Waals surface area contributed by atoms with Crippen molar-refractivity contribution in [3.63, 3.8) is 0 Å². The Morgan fingerprint density at radius 2 is 1.96 bits per heavy atom. The van der Waals surface area contributed by atoms with E-state index in [1.54, 1.807) is 6.07 Å². The van der Waals surface area contributed by atoms with Crippen molar-refractivity contribution < 1.29 is 5.11 Å². The summed E-state index contributed by atoms with van der Waals surface area (Å²) in [7, 11) is 0. The van der Waals surface area contributed by atoms with Gasteiger partial charge in [0.2, 0.25) is 0 Å². The Labute approximate surface area is 146 Å². The van der Waals surface area contributed by atoms with E-state index in [1.807, 2.05) is 36.4 Å². The van der Waals surface area contributed by atoms with Crippen LogP contribution in [0.5, 0.6) is 0 Å². The van der Waals surface area contributed by atoms with Crippen LogP contribution < -0.4 is 5.56 Å². The lowest BCUT2D eigenvalue weighted by Crippen LogP contribution is -2.38. The minimum absolute atomic E-state index is 0.000766. The molecule has 1 aliphatic carbocycles. The highest BCUT2D eigenvalue weighted by Crippen LogP contribution is 2.34. The van der Waals surface area contributed by atoms with Crippen LogP contribution >= 0.6 is 0 Å². The molecule has 2 aromatic carbocycles. The van der Waals surface area contributed by atoms with Crippen molar-refractivity contribution in [2.75, 3.05) is 6.54 Å². The number of benzene rings is 2. The molecule has 1 heterocycles. The number of hydrogen-bond donors (Lipinski definition) is 2. The monoisotopic (exact) mass is 335 g/mol. The number of para-hydroxylation sites is 1. The number of rotatable bonds is 4. The molecule has 2 N–H and O–H groups in total. The van der Waals surface area contributed by atoms with E-state index in [-0.39, 0.29) is 11.6 Å². The number of nitrogens with zero attached hydrogens (tertiary/aromatic N) is 2. The zero-order valence-electron chi connectivity index (χ0n) is 14.1. The molecule has 0 radical (unpaired) electrons. The molecule has 0 spiro atoms. The molecule has 2 unspecified atom stereocenters. The second-order valence-electron chi connectivity index (χ2n) is 6.51. The first-order valence-corrected chi connectivity index (χ1v) is 8.65. The number of likely N-dealkylation sites (N-methyl/N-ethyl adjacent to an activating group) is 1. The highest BCUT2D eigenvalue weighted by Gasteiger charge is 2.34. The van der Waals surface area contributed by atoms with Gasteiger partial charge in [-0.3, -0.25) is 9.69 Å². The summed E-state index contributed by atoms with van der Waals surface area (Å²) in [6.07, 6.45) is 0.298. The fourth-order valence-electron chi connectivity index (χ4n) is 3.75. The number of H-pyrrole nitrogens is 1. The van der Waals surface area contributed by atoms with Crippen molar-refractivity contribution in [3.05, 3.63) is 75.8 Å². The van der Waals surface area contributed by atoms with Gasteiger partial charge in [0.1, 0.15) is 5.82 Å². The first kappa shape index (κ1) is 16.0. The van der Waals surface area contributed by atoms with Crippen LogP contribution in [0.3, 0.4) is 0 Å². The van der Waals surface area contributed by atoms with Crippen LogP contribution in [0.4, 0.5) is 0 Å². The summed E-state index contributed by atoms with van der Waals surface area (Å²) in [5.74, 6) is 0.633. The highest BCUT2D eigenvalue weighted by atomic mass is 16.3. The molecule has 0 aliphatic heterocycles. The first-order valence-electron chi connectivity index (χ1n) is 8.65. The summed E-state index contributed by atoms with van der Waals surface area (Å²) in [6.45, 7) is 3.34. The fraction of sp³-hybridized carbons (Fsp3) is 0.300. The van der Waals surface area contributed by atoms with Crippen LogP contribution in [0.25, 0.3) is 10.9 Å². The minimum atomic E-state index is -0.511. The highest BCUT2D eigenvalue weighted by molar-refractivity contribution is 5.77. The Bertz CT molecular complexity index is 966. The lowest BCUT2D eigenvalue weighted by atomic mass is 10.1. The van der Waals surface area contributed by atoms with Crippen LogP contribution in [0.1, 0.15) is 30.0 Å². The first-order chi connectivity index (χ1) is 12.2. The van der Waals surface area contributed by atoms with Gasteiger partial charge < -0.3 is 10.1 Å². The molecular formula is C20H21N3O2. The van der Waals surface area contributed by atoms with E-state index in [0.29, 0.717) is 23.3 Å². The molecule has 3 aromatic rings. The van der Waals surface area contributed by atoms with Gasteiger partial charge in [-0.25, -0.2) is 4.98 Å². The molecular weight excluding hydrogens is 314 g/mol. The second kappa shape index (κ2) is 6.43. The van der Waals surface area contributed by atoms with E-state index in [2.05, 4.69) is 27.9 Å². The van der Waals surface area contributed by atoms with Crippen LogP contribution in [-0.4, -0.2) is 32.6 Å². The molecule has 0 saturated heterocycles. The van der Waals surface area contributed by atoms with Crippen LogP contribution in [0.2, 0.25) is 0 Å². The van der Waals surface area contributed by atoms with E-state index < -0.39 is 6.10 Å². The summed E-state index contributed by atoms with van der Waals surface area (Å²) in [6, 6.07) is 15.4. The van der Waals surface area contributed by atoms with E-state index in [0.717, 1.165) is 18.5 Å². The summed E-state index contributed by atoms with van der Waals surface area (Å²) in [5.41, 5.74) is 2.78. The number of aliphatic hydroxyl groups is 1. The Hall–Kier alpha value is -2.50. The molecule has 4 rings (SSSR count). The number of fused-ring (bicyclic) bond motifs is 2. The van der Waals surface area contributed by atoms with Gasteiger partial charge in [0.05, 0.1) is 23.6 Å². The Balaban J connectivity index is 1.62. The molecule has 5 nitrogen and oxygen atoms in total. The van der Waals surface area contributed by atoms with E-state index in [1.165, 1.54) is 5.56 Å². The number of aromatic nitrogens is 2. The normalized spacial score (nSPS) is 19.5. The van der Waals surface area contributed by atoms with Gasteiger partial charge in [-0.15, -0.1) is 0 Å². The van der Waals surface area contributed by atoms with Crippen molar-refractivity contribution in [1.82, 2.24) is 14.9 Å². The van der Waals surface area contributed by atoms with Crippen LogP contribution in [0, 0.1) is 0 Å². The van der Waals surface area contributed by atoms with Crippen molar-refractivity contribution in [3.8, 4) is 0 Å². The third kappa shape index (κ3) is 2.86. The SMILES string of the molecule is CCN(Cc1nc2ccccc2c(=O)[nH]1)C1Cc2ccccc2C1O. The zero-order chi connectivity index (χ0) is 17.4. The molecule has 0 amide bonds. The third-order valence-electron chi connectivity index (χ3n) is 5.06. The largest absolute Gasteiger partial charge is 0.387 e. The molecule has 1 aromatic heterocycles. The van der Waals surface area contributed by atoms with Gasteiger partial charge in [0.15, 0.2) is 0 Å². The second-order valence-corrected chi connectivity index (χ2v) is 6.51. The maximum Gasteiger partial charge on any atom is 0.258 e. The molecule has 0 saturated carbocycles. The average Bonchev–Trinajstić information content (AvgIpc) is 2.97. The van der Waals surface area contributed by atoms with Crippen molar-refractivity contribution in [2.45, 2.75) is 32.0 Å². The Morgan fingerprint density at radius 1 is 1.20 bits per heavy atom. The maximum absolute atomic E-state index is 12.3. The topological polar surface area (TPSA) is 69.2 Å². The molecule has 2 atom stereocenters. The smallest absolute Gasteiger partial charge is 0.258 e. The predicted octanol–water partition coefficient (Wildman–Crippen LogP) is 2.40. The molecule has 128 valence electrons. The maximum atomic E-state index is 12.3. The van der Waals surface area contributed by atoms with Crippen molar-refractivity contribution in [2.24, 2.45) is 0 Å². The summed E-state index contributed by atoms with van der Waals surface area (Å²) in [4.78, 5) is 21.9. The van der Waals surface area contributed by atoms with Crippen molar-refractivity contribution >= 4 is 10.9 Å². The predicted molar refractivity (Wildman–Crippen MR) is 97.3 cm³/mol. The standard InChI is InChI=1S/C20H21N3O2/c1-2-23(17-11-13-7-3-4-8-14(13)19(17)24)12-18-21-16-10-6-5-9-15(16)20(25)22-18/h3-10,17,19,24H,2,11-12H2,1H3,(H,21,22,25). The lowest BCUT2D eigenvalue weighted by molar-refractivity contribution is 0.0577. The molecule has 5 heteroatoms. The Morgan fingerprint density at radius 3 is 2.76 bits per heavy atom. The van der Waals surface area contributed by atoms with Gasteiger partial charge in [-0.2, -0.15) is 0 Å². The zero-order valence-corrected chi connectivity index (χ0v) is 14.1. The van der Waals surface area contributed by atoms with Gasteiger partial charge in [-0.05, 0) is 36.2 Å². The summed E-state index contributed by atoms with van der Waals surface area (Å²) >= 11 is 0. The number of nitrogens with one attached hydrogen (secondary N) is 1. The summed E-state index contributed by atoms with van der Waals surface area (Å²) < 4.78 is 0. The number of aliphatic hydroxyl groups excluding tert-OH is 1. The van der Waals surface area contributed by atoms with Gasteiger partial charge in [-0.1, -0.05) is 43.3 Å². The molecule has 25 heavy (non-hydrogen) atoms. The van der Waals surface area contributed by atoms with E-state index in [4.69, 9.17) is 0 Å². The Kier molecular flexibility index (Phi) is 4.11. The average molecular weight is 335 g/mol. The molecule has 0 fully saturated rings. The van der Waals surface area contributed by atoms with Gasteiger partial charge in [0.25, 0.3) is 5.56 Å². The minimum Gasteiger partial charge on any atom is -0.387 e. The number of hydrogen-bond acceptors (Lipinski definition) is 4. The van der Waals surface area contributed by atoms with Gasteiger partial charge >= 0.3 is 0 Å².